The van der Waals surface area contributed by atoms with Crippen molar-refractivity contribution in [2.24, 2.45) is 0 Å². The van der Waals surface area contributed by atoms with E-state index in [1.165, 1.54) is 6.92 Å². The van der Waals surface area contributed by atoms with Gasteiger partial charge in [-0.15, -0.1) is 0 Å². The van der Waals surface area contributed by atoms with Gasteiger partial charge in [-0.25, -0.2) is 4.79 Å². The highest BCUT2D eigenvalue weighted by atomic mass is 16.6. The van der Waals surface area contributed by atoms with Crippen LogP contribution in [0.2, 0.25) is 0 Å². The first kappa shape index (κ1) is 15.2. The quantitative estimate of drug-likeness (QED) is 0.846. The van der Waals surface area contributed by atoms with E-state index >= 15 is 0 Å². The molecule has 4 nitrogen and oxygen atoms in total. The third-order valence-corrected chi connectivity index (χ3v) is 2.35. The average Bonchev–Trinajstić information content (AvgIpc) is 2.26. The van der Waals surface area contributed by atoms with Crippen molar-refractivity contribution in [3.63, 3.8) is 0 Å². The normalized spacial score (nSPS) is 12.6. The van der Waals surface area contributed by atoms with Crippen LogP contribution < -0.4 is 5.32 Å². The summed E-state index contributed by atoms with van der Waals surface area (Å²) < 4.78 is 5.32. The third-order valence-electron chi connectivity index (χ3n) is 2.35. The molecular formula is C15H21NO3. The minimum absolute atomic E-state index is 0.244. The summed E-state index contributed by atoms with van der Waals surface area (Å²) in [7, 11) is 0. The summed E-state index contributed by atoms with van der Waals surface area (Å²) in [5, 5.41) is 2.64. The van der Waals surface area contributed by atoms with Crippen molar-refractivity contribution < 1.29 is 14.3 Å². The fourth-order valence-corrected chi connectivity index (χ4v) is 1.66. The molecule has 0 unspecified atom stereocenters. The summed E-state index contributed by atoms with van der Waals surface area (Å²) >= 11 is 0. The molecule has 0 spiro atoms. The van der Waals surface area contributed by atoms with E-state index in [9.17, 15) is 9.59 Å². The molecule has 1 aromatic carbocycles. The first-order valence-corrected chi connectivity index (χ1v) is 6.32. The van der Waals surface area contributed by atoms with Gasteiger partial charge in [0.25, 0.3) is 0 Å². The van der Waals surface area contributed by atoms with Crippen molar-refractivity contribution in [2.75, 3.05) is 0 Å². The largest absolute Gasteiger partial charge is 0.458 e. The zero-order valence-corrected chi connectivity index (χ0v) is 11.9. The monoisotopic (exact) mass is 263 g/mol. The fourth-order valence-electron chi connectivity index (χ4n) is 1.66. The van der Waals surface area contributed by atoms with Gasteiger partial charge in [0.1, 0.15) is 11.6 Å². The number of nitrogens with one attached hydrogen (secondary N) is 1. The zero-order chi connectivity index (χ0) is 14.5. The molecule has 1 aromatic rings. The second-order valence-electron chi connectivity index (χ2n) is 5.48. The highest BCUT2D eigenvalue weighted by Gasteiger charge is 2.25. The molecule has 0 saturated carbocycles. The van der Waals surface area contributed by atoms with Crippen LogP contribution >= 0.6 is 0 Å². The summed E-state index contributed by atoms with van der Waals surface area (Å²) in [6.45, 7) is 6.80. The molecule has 0 fully saturated rings. The molecule has 0 aromatic heterocycles. The topological polar surface area (TPSA) is 55.4 Å². The van der Waals surface area contributed by atoms with E-state index in [4.69, 9.17) is 4.74 Å². The predicted octanol–water partition coefficient (Wildman–Crippen LogP) is 2.08. The van der Waals surface area contributed by atoms with Gasteiger partial charge in [0.05, 0.1) is 0 Å². The molecule has 4 heteroatoms. The Morgan fingerprint density at radius 3 is 2.26 bits per heavy atom. The molecule has 1 amide bonds. The maximum atomic E-state index is 12.1. The SMILES string of the molecule is CC(=O)N[C@@H](Cc1ccccc1)C(=O)OC(C)(C)C. The Kier molecular flexibility index (Phi) is 5.10. The lowest BCUT2D eigenvalue weighted by Gasteiger charge is -2.24. The van der Waals surface area contributed by atoms with Crippen LogP contribution in [0.3, 0.4) is 0 Å². The van der Waals surface area contributed by atoms with Crippen LogP contribution in [-0.4, -0.2) is 23.5 Å². The van der Waals surface area contributed by atoms with Crippen molar-refractivity contribution in [1.82, 2.24) is 5.32 Å². The summed E-state index contributed by atoms with van der Waals surface area (Å²) in [6, 6.07) is 8.88. The average molecular weight is 263 g/mol. The van der Waals surface area contributed by atoms with E-state index in [0.717, 1.165) is 5.56 Å². The number of hydrogen-bond donors (Lipinski definition) is 1. The molecule has 0 aliphatic rings. The van der Waals surface area contributed by atoms with Gasteiger partial charge in [-0.3, -0.25) is 4.79 Å². The zero-order valence-electron chi connectivity index (χ0n) is 11.9. The molecule has 1 atom stereocenters. The van der Waals surface area contributed by atoms with Crippen molar-refractivity contribution in [1.29, 1.82) is 0 Å². The highest BCUT2D eigenvalue weighted by Crippen LogP contribution is 2.11. The number of carbonyl (C=O) groups is 2. The van der Waals surface area contributed by atoms with Crippen LogP contribution in [0.15, 0.2) is 30.3 Å². The smallest absolute Gasteiger partial charge is 0.329 e. The van der Waals surface area contributed by atoms with Crippen LogP contribution in [0.4, 0.5) is 0 Å². The van der Waals surface area contributed by atoms with Gasteiger partial charge in [-0.05, 0) is 26.3 Å². The molecule has 19 heavy (non-hydrogen) atoms. The summed E-state index contributed by atoms with van der Waals surface area (Å²) in [4.78, 5) is 23.3. The Balaban J connectivity index is 2.77. The summed E-state index contributed by atoms with van der Waals surface area (Å²) in [6.07, 6.45) is 0.426. The molecule has 0 heterocycles. The van der Waals surface area contributed by atoms with E-state index in [1.54, 1.807) is 20.8 Å². The Hall–Kier alpha value is -1.84. The molecule has 0 radical (unpaired) electrons. The molecule has 1 N–H and O–H groups in total. The van der Waals surface area contributed by atoms with Gasteiger partial charge in [0.2, 0.25) is 5.91 Å². The number of ether oxygens (including phenoxy) is 1. The highest BCUT2D eigenvalue weighted by molar-refractivity contribution is 5.83. The van der Waals surface area contributed by atoms with Crippen molar-refractivity contribution in [3.8, 4) is 0 Å². The molecule has 0 aliphatic heterocycles. The van der Waals surface area contributed by atoms with Gasteiger partial charge in [0, 0.05) is 13.3 Å². The Bertz CT molecular complexity index is 434. The molecule has 1 rings (SSSR count). The van der Waals surface area contributed by atoms with Crippen molar-refractivity contribution in [3.05, 3.63) is 35.9 Å². The van der Waals surface area contributed by atoms with E-state index in [-0.39, 0.29) is 5.91 Å². The van der Waals surface area contributed by atoms with Crippen LogP contribution in [0.5, 0.6) is 0 Å². The minimum atomic E-state index is -0.654. The van der Waals surface area contributed by atoms with Gasteiger partial charge >= 0.3 is 5.97 Å². The van der Waals surface area contributed by atoms with Crippen LogP contribution in [0, 0.1) is 0 Å². The number of amides is 1. The van der Waals surface area contributed by atoms with Crippen LogP contribution in [-0.2, 0) is 20.7 Å². The van der Waals surface area contributed by atoms with Gasteiger partial charge < -0.3 is 10.1 Å². The van der Waals surface area contributed by atoms with Gasteiger partial charge in [0.15, 0.2) is 0 Å². The number of hydrogen-bond acceptors (Lipinski definition) is 3. The molecule has 0 bridgehead atoms. The lowest BCUT2D eigenvalue weighted by Crippen LogP contribution is -2.44. The van der Waals surface area contributed by atoms with Crippen LogP contribution in [0.25, 0.3) is 0 Å². The van der Waals surface area contributed by atoms with Crippen molar-refractivity contribution in [2.45, 2.75) is 45.8 Å². The fraction of sp³-hybridized carbons (Fsp3) is 0.467. The van der Waals surface area contributed by atoms with E-state index < -0.39 is 17.6 Å². The number of esters is 1. The van der Waals surface area contributed by atoms with Crippen LogP contribution in [0.1, 0.15) is 33.3 Å². The predicted molar refractivity (Wildman–Crippen MR) is 73.6 cm³/mol. The van der Waals surface area contributed by atoms with E-state index in [1.807, 2.05) is 30.3 Å². The summed E-state index contributed by atoms with van der Waals surface area (Å²) in [5.41, 5.74) is 0.414. The first-order valence-electron chi connectivity index (χ1n) is 6.32. The molecule has 0 saturated heterocycles. The number of rotatable bonds is 4. The molecular weight excluding hydrogens is 242 g/mol. The molecule has 104 valence electrons. The van der Waals surface area contributed by atoms with Gasteiger partial charge in [-0.2, -0.15) is 0 Å². The number of benzene rings is 1. The van der Waals surface area contributed by atoms with E-state index in [2.05, 4.69) is 5.32 Å². The number of carbonyl (C=O) groups excluding carboxylic acids is 2. The minimum Gasteiger partial charge on any atom is -0.458 e. The third kappa shape index (κ3) is 6.04. The molecule has 0 aliphatic carbocycles. The second kappa shape index (κ2) is 6.36. The van der Waals surface area contributed by atoms with Crippen molar-refractivity contribution >= 4 is 11.9 Å². The maximum absolute atomic E-state index is 12.1. The van der Waals surface area contributed by atoms with Gasteiger partial charge in [-0.1, -0.05) is 30.3 Å². The summed E-state index contributed by atoms with van der Waals surface area (Å²) in [5.74, 6) is -0.654. The lowest BCUT2D eigenvalue weighted by atomic mass is 10.1. The lowest BCUT2D eigenvalue weighted by molar-refractivity contribution is -0.158. The second-order valence-corrected chi connectivity index (χ2v) is 5.48. The Labute approximate surface area is 114 Å². The maximum Gasteiger partial charge on any atom is 0.329 e. The first-order chi connectivity index (χ1) is 8.78. The Morgan fingerprint density at radius 1 is 1.21 bits per heavy atom. The van der Waals surface area contributed by atoms with E-state index in [0.29, 0.717) is 6.42 Å². The Morgan fingerprint density at radius 2 is 1.79 bits per heavy atom. The standard InChI is InChI=1S/C15H21NO3/c1-11(17)16-13(14(18)19-15(2,3)4)10-12-8-6-5-7-9-12/h5-9,13H,10H2,1-4H3,(H,16,17)/t13-/m0/s1.